The average Bonchev–Trinajstić information content (AvgIpc) is 2.99. The highest BCUT2D eigenvalue weighted by Gasteiger charge is 2.57. The van der Waals surface area contributed by atoms with E-state index in [1.165, 1.54) is 13.8 Å². The van der Waals surface area contributed by atoms with Crippen LogP contribution in [-0.2, 0) is 42.7 Å². The van der Waals surface area contributed by atoms with E-state index in [9.17, 15) is 50.8 Å². The van der Waals surface area contributed by atoms with Crippen molar-refractivity contribution in [1.29, 1.82) is 0 Å². The van der Waals surface area contributed by atoms with Crippen molar-refractivity contribution < 1.29 is 88.6 Å². The third kappa shape index (κ3) is 6.74. The summed E-state index contributed by atoms with van der Waals surface area (Å²) < 4.78 is 46.6. The van der Waals surface area contributed by atoms with Gasteiger partial charge in [0.25, 0.3) is 0 Å². The fourth-order valence-corrected chi connectivity index (χ4v) is 6.20. The molecule has 6 bridgehead atoms. The van der Waals surface area contributed by atoms with Crippen molar-refractivity contribution in [3.8, 4) is 0 Å². The Labute approximate surface area is 257 Å². The molecule has 0 radical (unpaired) electrons. The molecule has 45 heavy (non-hydrogen) atoms. The van der Waals surface area contributed by atoms with Gasteiger partial charge in [-0.1, -0.05) is 0 Å². The summed E-state index contributed by atoms with van der Waals surface area (Å²) in [7, 11) is 0. The molecule has 0 aliphatic carbocycles. The van der Waals surface area contributed by atoms with Crippen LogP contribution in [0.25, 0.3) is 0 Å². The number of rotatable bonds is 3. The van der Waals surface area contributed by atoms with Gasteiger partial charge in [0.1, 0.15) is 85.4 Å². The first-order valence-corrected chi connectivity index (χ1v) is 14.8. The van der Waals surface area contributed by atoms with Crippen LogP contribution in [0, 0.1) is 0 Å². The van der Waals surface area contributed by atoms with Gasteiger partial charge in [-0.25, -0.2) is 0 Å². The lowest BCUT2D eigenvalue weighted by Crippen LogP contribution is -2.69. The summed E-state index contributed by atoms with van der Waals surface area (Å²) in [4.78, 5) is 12.3. The van der Waals surface area contributed by atoms with Gasteiger partial charge < -0.3 is 89.2 Å². The molecule has 0 saturated carbocycles. The number of carbonyl (C=O) groups excluding carboxylic acids is 1. The molecule has 5 aliphatic rings. The lowest BCUT2D eigenvalue weighted by atomic mass is 9.94. The SMILES string of the molecule is CC(=O)N[C@H]1[C@H]2O[C@@H]3[C@@H](O)[C@H](C)O[C@@H](O[C@@H]4[C@@H](O)[C@H](C)O[C@@H](O[C@H]5[C@@H](O[C@H]1[C@H](O)[C@@H](CO)O2)O[C@H](CO)[C@@H](O)[C@@H]5O)[C@@H]4O)[C@@H]3O. The minimum atomic E-state index is -1.86. The second-order valence-electron chi connectivity index (χ2n) is 11.9. The Hall–Kier alpha value is -1.21. The van der Waals surface area contributed by atoms with Crippen molar-refractivity contribution in [3.05, 3.63) is 0 Å². The lowest BCUT2D eigenvalue weighted by Gasteiger charge is -2.49. The summed E-state index contributed by atoms with van der Waals surface area (Å²) in [6, 6.07) is -1.44. The molecule has 0 spiro atoms. The standard InChI is InChI=1S/C26H43NO18/c1-6-12(31)20-17(36)24(38-6)44-21-13(32)7(2)39-25(18(21)37)45-22-16(35)14(33)9(4-28)41-26(22)42-19-11(27-8(3)30)23(43-20)40-10(5-29)15(19)34/h6-7,9-26,28-29,31-37H,4-5H2,1-3H3,(H,27,30)/t6-,7-,9+,10+,11+,12-,13-,14+,15+,16-,17+,18+,19+,20+,21+,22+,23+,24-,25-,26+/m0/s1. The van der Waals surface area contributed by atoms with Gasteiger partial charge in [0, 0.05) is 6.92 Å². The molecular weight excluding hydrogens is 614 g/mol. The quantitative estimate of drug-likeness (QED) is 0.135. The van der Waals surface area contributed by atoms with Crippen LogP contribution in [0.15, 0.2) is 0 Å². The first-order valence-electron chi connectivity index (χ1n) is 14.8. The highest BCUT2D eigenvalue weighted by Crippen LogP contribution is 2.37. The number of aliphatic hydroxyl groups excluding tert-OH is 9. The molecule has 19 nitrogen and oxygen atoms in total. The summed E-state index contributed by atoms with van der Waals surface area (Å²) in [5, 5.41) is 99.6. The third-order valence-corrected chi connectivity index (χ3v) is 8.78. The number of ether oxygens (including phenoxy) is 8. The van der Waals surface area contributed by atoms with Crippen LogP contribution < -0.4 is 5.32 Å². The fraction of sp³-hybridized carbons (Fsp3) is 0.962. The molecule has 5 saturated heterocycles. The Kier molecular flexibility index (Phi) is 11.0. The van der Waals surface area contributed by atoms with Crippen LogP contribution in [0.3, 0.4) is 0 Å². The second kappa shape index (κ2) is 14.1. The van der Waals surface area contributed by atoms with Gasteiger partial charge >= 0.3 is 0 Å². The summed E-state index contributed by atoms with van der Waals surface area (Å²) in [5.74, 6) is -0.657. The number of hydrogen-bond acceptors (Lipinski definition) is 18. The molecule has 0 aromatic carbocycles. The van der Waals surface area contributed by atoms with Crippen LogP contribution in [0.1, 0.15) is 20.8 Å². The molecule has 5 rings (SSSR count). The average molecular weight is 658 g/mol. The number of fused-ring (bicyclic) bond motifs is 7. The van der Waals surface area contributed by atoms with E-state index >= 15 is 0 Å². The molecule has 19 heteroatoms. The normalized spacial score (nSPS) is 54.2. The maximum absolute atomic E-state index is 12.3. The first-order chi connectivity index (χ1) is 21.3. The van der Waals surface area contributed by atoms with Gasteiger partial charge in [-0.15, -0.1) is 0 Å². The first kappa shape index (κ1) is 35.1. The minimum absolute atomic E-state index is 0.657. The van der Waals surface area contributed by atoms with E-state index in [0.717, 1.165) is 6.92 Å². The van der Waals surface area contributed by atoms with Crippen molar-refractivity contribution in [2.75, 3.05) is 13.2 Å². The number of aliphatic hydroxyl groups is 9. The largest absolute Gasteiger partial charge is 0.394 e. The van der Waals surface area contributed by atoms with E-state index in [1.807, 2.05) is 0 Å². The van der Waals surface area contributed by atoms with E-state index < -0.39 is 142 Å². The lowest BCUT2D eigenvalue weighted by molar-refractivity contribution is -0.385. The van der Waals surface area contributed by atoms with Crippen LogP contribution in [0.2, 0.25) is 0 Å². The zero-order valence-corrected chi connectivity index (χ0v) is 24.7. The Bertz CT molecular complexity index is 1010. The van der Waals surface area contributed by atoms with Crippen LogP contribution in [-0.4, -0.2) is 188 Å². The Balaban J connectivity index is 1.61. The zero-order chi connectivity index (χ0) is 32.9. The monoisotopic (exact) mass is 657 g/mol. The van der Waals surface area contributed by atoms with E-state index in [2.05, 4.69) is 5.32 Å². The third-order valence-electron chi connectivity index (χ3n) is 8.78. The van der Waals surface area contributed by atoms with E-state index in [0.29, 0.717) is 0 Å². The molecule has 260 valence electrons. The molecule has 0 aromatic rings. The predicted octanol–water partition coefficient (Wildman–Crippen LogP) is -6.50. The maximum atomic E-state index is 12.3. The summed E-state index contributed by atoms with van der Waals surface area (Å²) in [5.41, 5.74) is 0. The molecule has 5 heterocycles. The number of carbonyl (C=O) groups is 1. The summed E-state index contributed by atoms with van der Waals surface area (Å²) in [6.07, 6.45) is -30.1. The van der Waals surface area contributed by atoms with Crippen molar-refractivity contribution >= 4 is 5.91 Å². The Morgan fingerprint density at radius 2 is 0.956 bits per heavy atom. The Morgan fingerprint density at radius 3 is 1.47 bits per heavy atom. The van der Waals surface area contributed by atoms with Crippen molar-refractivity contribution in [1.82, 2.24) is 5.32 Å². The van der Waals surface area contributed by atoms with Gasteiger partial charge in [0.15, 0.2) is 25.2 Å². The zero-order valence-electron chi connectivity index (χ0n) is 24.7. The highest BCUT2D eigenvalue weighted by molar-refractivity contribution is 5.73. The summed E-state index contributed by atoms with van der Waals surface area (Å²) >= 11 is 0. The van der Waals surface area contributed by atoms with E-state index in [4.69, 9.17) is 37.9 Å². The van der Waals surface area contributed by atoms with Gasteiger partial charge in [0.05, 0.1) is 25.4 Å². The number of amides is 1. The molecule has 5 aliphatic heterocycles. The minimum Gasteiger partial charge on any atom is -0.394 e. The molecule has 20 atom stereocenters. The molecular formula is C26H43NO18. The van der Waals surface area contributed by atoms with Crippen LogP contribution >= 0.6 is 0 Å². The fourth-order valence-electron chi connectivity index (χ4n) is 6.20. The molecule has 5 fully saturated rings. The molecule has 1 amide bonds. The predicted molar refractivity (Wildman–Crippen MR) is 139 cm³/mol. The molecule has 0 unspecified atom stereocenters. The van der Waals surface area contributed by atoms with Gasteiger partial charge in [0.2, 0.25) is 5.91 Å². The van der Waals surface area contributed by atoms with Gasteiger partial charge in [-0.2, -0.15) is 0 Å². The van der Waals surface area contributed by atoms with Crippen LogP contribution in [0.4, 0.5) is 0 Å². The topological polar surface area (TPSA) is 285 Å². The summed E-state index contributed by atoms with van der Waals surface area (Å²) in [6.45, 7) is 2.42. The van der Waals surface area contributed by atoms with Crippen molar-refractivity contribution in [2.24, 2.45) is 0 Å². The van der Waals surface area contributed by atoms with Gasteiger partial charge in [-0.3, -0.25) is 4.79 Å². The molecule has 0 aromatic heterocycles. The van der Waals surface area contributed by atoms with Crippen molar-refractivity contribution in [2.45, 2.75) is 144 Å². The second-order valence-corrected chi connectivity index (χ2v) is 11.9. The Morgan fingerprint density at radius 1 is 0.511 bits per heavy atom. The molecule has 10 N–H and O–H groups in total. The maximum Gasteiger partial charge on any atom is 0.217 e. The van der Waals surface area contributed by atoms with E-state index in [-0.39, 0.29) is 0 Å². The highest BCUT2D eigenvalue weighted by atomic mass is 16.8. The van der Waals surface area contributed by atoms with Gasteiger partial charge in [-0.05, 0) is 13.8 Å². The van der Waals surface area contributed by atoms with E-state index in [1.54, 1.807) is 0 Å². The van der Waals surface area contributed by atoms with Crippen molar-refractivity contribution in [3.63, 3.8) is 0 Å². The number of nitrogens with one attached hydrogen (secondary N) is 1. The van der Waals surface area contributed by atoms with Crippen LogP contribution in [0.5, 0.6) is 0 Å². The number of hydrogen-bond donors (Lipinski definition) is 10. The smallest absolute Gasteiger partial charge is 0.217 e.